The molecular formula is C12H15FO2S. The molecule has 0 amide bonds. The Morgan fingerprint density at radius 3 is 2.44 bits per heavy atom. The molecule has 0 saturated carbocycles. The predicted molar refractivity (Wildman–Crippen MR) is 64.3 cm³/mol. The molecule has 88 valence electrons. The van der Waals surface area contributed by atoms with Gasteiger partial charge < -0.3 is 5.11 Å². The third-order valence-corrected chi connectivity index (χ3v) is 3.67. The second-order valence-corrected chi connectivity index (χ2v) is 5.05. The average molecular weight is 242 g/mol. The Morgan fingerprint density at radius 1 is 1.38 bits per heavy atom. The fourth-order valence-electron chi connectivity index (χ4n) is 1.07. The third kappa shape index (κ3) is 3.94. The normalized spacial score (nSPS) is 14.5. The number of aliphatic hydroxyl groups excluding tert-OH is 1. The third-order valence-electron chi connectivity index (χ3n) is 2.32. The summed E-state index contributed by atoms with van der Waals surface area (Å²) in [5.41, 5.74) is 0.506. The van der Waals surface area contributed by atoms with Crippen molar-refractivity contribution in [2.75, 3.05) is 5.75 Å². The Balaban J connectivity index is 2.50. The van der Waals surface area contributed by atoms with Gasteiger partial charge >= 0.3 is 0 Å². The lowest BCUT2D eigenvalue weighted by Crippen LogP contribution is -2.17. The maximum Gasteiger partial charge on any atom is 0.172 e. The van der Waals surface area contributed by atoms with Crippen LogP contribution in [-0.4, -0.2) is 28.0 Å². The van der Waals surface area contributed by atoms with E-state index < -0.39 is 6.10 Å². The number of carbonyl (C=O) groups excluding carboxylic acids is 1. The van der Waals surface area contributed by atoms with Crippen LogP contribution in [0.15, 0.2) is 24.3 Å². The molecule has 1 rings (SSSR count). The van der Waals surface area contributed by atoms with E-state index in [4.69, 9.17) is 0 Å². The summed E-state index contributed by atoms with van der Waals surface area (Å²) in [5.74, 6) is -0.0865. The van der Waals surface area contributed by atoms with Gasteiger partial charge in [0.15, 0.2) is 5.78 Å². The lowest BCUT2D eigenvalue weighted by atomic mass is 10.1. The van der Waals surface area contributed by atoms with Crippen LogP contribution in [0.25, 0.3) is 0 Å². The molecule has 0 bridgehead atoms. The van der Waals surface area contributed by atoms with Crippen molar-refractivity contribution in [3.8, 4) is 0 Å². The topological polar surface area (TPSA) is 37.3 Å². The van der Waals surface area contributed by atoms with Gasteiger partial charge in [0.1, 0.15) is 5.82 Å². The molecule has 0 fully saturated rings. The smallest absolute Gasteiger partial charge is 0.172 e. The fourth-order valence-corrected chi connectivity index (χ4v) is 1.92. The van der Waals surface area contributed by atoms with Gasteiger partial charge in [-0.2, -0.15) is 0 Å². The van der Waals surface area contributed by atoms with E-state index in [0.717, 1.165) is 0 Å². The first-order valence-electron chi connectivity index (χ1n) is 5.09. The minimum atomic E-state index is -0.439. The van der Waals surface area contributed by atoms with E-state index in [0.29, 0.717) is 11.3 Å². The van der Waals surface area contributed by atoms with Crippen LogP contribution in [0, 0.1) is 5.82 Å². The van der Waals surface area contributed by atoms with Crippen LogP contribution >= 0.6 is 11.8 Å². The van der Waals surface area contributed by atoms with E-state index in [1.165, 1.54) is 36.0 Å². The number of Topliss-reactive ketones (excluding diaryl/α,β-unsaturated/α-hetero) is 1. The Hall–Kier alpha value is -0.870. The SMILES string of the molecule is CC(O)C(C)SCC(=O)c1ccc(F)cc1. The number of rotatable bonds is 5. The number of thioether (sulfide) groups is 1. The van der Waals surface area contributed by atoms with Gasteiger partial charge in [0.2, 0.25) is 0 Å². The van der Waals surface area contributed by atoms with Crippen molar-refractivity contribution >= 4 is 17.5 Å². The first-order valence-corrected chi connectivity index (χ1v) is 6.14. The minimum absolute atomic E-state index is 0.0180. The van der Waals surface area contributed by atoms with Gasteiger partial charge in [-0.05, 0) is 31.2 Å². The second kappa shape index (κ2) is 6.01. The van der Waals surface area contributed by atoms with Crippen LogP contribution in [0.5, 0.6) is 0 Å². The van der Waals surface area contributed by atoms with Crippen molar-refractivity contribution in [2.24, 2.45) is 0 Å². The van der Waals surface area contributed by atoms with Crippen molar-refractivity contribution in [3.63, 3.8) is 0 Å². The zero-order chi connectivity index (χ0) is 12.1. The molecule has 0 heterocycles. The highest BCUT2D eigenvalue weighted by Gasteiger charge is 2.12. The number of benzene rings is 1. The molecule has 0 aliphatic carbocycles. The molecule has 0 spiro atoms. The zero-order valence-corrected chi connectivity index (χ0v) is 10.1. The Labute approximate surface area is 98.9 Å². The van der Waals surface area contributed by atoms with E-state index >= 15 is 0 Å². The van der Waals surface area contributed by atoms with Crippen LogP contribution in [0.4, 0.5) is 4.39 Å². The highest BCUT2D eigenvalue weighted by Crippen LogP contribution is 2.16. The molecule has 0 saturated heterocycles. The van der Waals surface area contributed by atoms with Crippen molar-refractivity contribution in [2.45, 2.75) is 25.2 Å². The van der Waals surface area contributed by atoms with Gasteiger partial charge in [-0.15, -0.1) is 11.8 Å². The van der Waals surface area contributed by atoms with E-state index in [-0.39, 0.29) is 16.9 Å². The summed E-state index contributed by atoms with van der Waals surface area (Å²) in [6, 6.07) is 5.50. The molecule has 1 aromatic carbocycles. The van der Waals surface area contributed by atoms with Crippen LogP contribution in [0.1, 0.15) is 24.2 Å². The van der Waals surface area contributed by atoms with E-state index in [2.05, 4.69) is 0 Å². The Kier molecular flexibility index (Phi) is 4.96. The molecule has 2 atom stereocenters. The van der Waals surface area contributed by atoms with Crippen LogP contribution in [0.2, 0.25) is 0 Å². The lowest BCUT2D eigenvalue weighted by molar-refractivity contribution is 0.102. The molecule has 2 nitrogen and oxygen atoms in total. The first kappa shape index (κ1) is 13.2. The van der Waals surface area contributed by atoms with Gasteiger partial charge in [-0.25, -0.2) is 4.39 Å². The molecule has 2 unspecified atom stereocenters. The largest absolute Gasteiger partial charge is 0.392 e. The van der Waals surface area contributed by atoms with Crippen molar-refractivity contribution < 1.29 is 14.3 Å². The van der Waals surface area contributed by atoms with Crippen molar-refractivity contribution in [1.82, 2.24) is 0 Å². The summed E-state index contributed by atoms with van der Waals surface area (Å²) in [6.07, 6.45) is -0.439. The van der Waals surface area contributed by atoms with E-state index in [1.54, 1.807) is 6.92 Å². The number of halogens is 1. The standard InChI is InChI=1S/C12H15FO2S/c1-8(14)9(2)16-7-12(15)10-3-5-11(13)6-4-10/h3-6,8-9,14H,7H2,1-2H3. The van der Waals surface area contributed by atoms with Gasteiger partial charge in [-0.3, -0.25) is 4.79 Å². The molecule has 0 aliphatic rings. The summed E-state index contributed by atoms with van der Waals surface area (Å²) in [5, 5.41) is 9.28. The van der Waals surface area contributed by atoms with Gasteiger partial charge in [0.25, 0.3) is 0 Å². The Morgan fingerprint density at radius 2 is 1.94 bits per heavy atom. The summed E-state index contributed by atoms with van der Waals surface area (Å²) >= 11 is 1.40. The maximum absolute atomic E-state index is 12.6. The monoisotopic (exact) mass is 242 g/mol. The molecule has 16 heavy (non-hydrogen) atoms. The van der Waals surface area contributed by atoms with Gasteiger partial charge in [0.05, 0.1) is 11.9 Å². The van der Waals surface area contributed by atoms with Crippen LogP contribution in [0.3, 0.4) is 0 Å². The molecule has 0 aliphatic heterocycles. The summed E-state index contributed by atoms with van der Waals surface area (Å²) in [4.78, 5) is 11.7. The van der Waals surface area contributed by atoms with Crippen molar-refractivity contribution in [3.05, 3.63) is 35.6 Å². The molecule has 4 heteroatoms. The van der Waals surface area contributed by atoms with Crippen molar-refractivity contribution in [1.29, 1.82) is 0 Å². The van der Waals surface area contributed by atoms with E-state index in [1.807, 2.05) is 6.92 Å². The fraction of sp³-hybridized carbons (Fsp3) is 0.417. The molecule has 1 aromatic rings. The maximum atomic E-state index is 12.6. The summed E-state index contributed by atoms with van der Waals surface area (Å²) in [6.45, 7) is 3.56. The highest BCUT2D eigenvalue weighted by atomic mass is 32.2. The second-order valence-electron chi connectivity index (χ2n) is 3.69. The number of hydrogen-bond donors (Lipinski definition) is 1. The summed E-state index contributed by atoms with van der Waals surface area (Å²) < 4.78 is 12.6. The molecular weight excluding hydrogens is 227 g/mol. The average Bonchev–Trinajstić information content (AvgIpc) is 2.26. The number of aliphatic hydroxyl groups is 1. The molecule has 0 aromatic heterocycles. The zero-order valence-electron chi connectivity index (χ0n) is 9.31. The molecule has 1 N–H and O–H groups in total. The van der Waals surface area contributed by atoms with Crippen LogP contribution < -0.4 is 0 Å². The highest BCUT2D eigenvalue weighted by molar-refractivity contribution is 8.00. The minimum Gasteiger partial charge on any atom is -0.392 e. The number of ketones is 1. The number of hydrogen-bond acceptors (Lipinski definition) is 3. The van der Waals surface area contributed by atoms with Gasteiger partial charge in [-0.1, -0.05) is 6.92 Å². The predicted octanol–water partition coefficient (Wildman–Crippen LogP) is 2.51. The first-order chi connectivity index (χ1) is 7.50. The van der Waals surface area contributed by atoms with Crippen LogP contribution in [-0.2, 0) is 0 Å². The quantitative estimate of drug-likeness (QED) is 0.806. The Bertz CT molecular complexity index is 349. The van der Waals surface area contributed by atoms with Gasteiger partial charge in [0, 0.05) is 10.8 Å². The van der Waals surface area contributed by atoms with E-state index in [9.17, 15) is 14.3 Å². The molecule has 0 radical (unpaired) electrons. The summed E-state index contributed by atoms with van der Waals surface area (Å²) in [7, 11) is 0. The number of carbonyl (C=O) groups is 1. The lowest BCUT2D eigenvalue weighted by Gasteiger charge is -2.13.